The topological polar surface area (TPSA) is 35.2 Å². The molecule has 0 aliphatic heterocycles. The summed E-state index contributed by atoms with van der Waals surface area (Å²) in [5, 5.41) is 0. The first kappa shape index (κ1) is 16.6. The van der Waals surface area contributed by atoms with Crippen molar-refractivity contribution in [2.24, 2.45) is 5.73 Å². The summed E-state index contributed by atoms with van der Waals surface area (Å²) in [6.45, 7) is 7.81. The molecule has 22 heavy (non-hydrogen) atoms. The monoisotopic (exact) mass is 297 g/mol. The molecule has 0 aliphatic rings. The predicted octanol–water partition coefficient (Wildman–Crippen LogP) is 4.38. The number of nitrogens with two attached hydrogens (primary N) is 1. The number of rotatable bonds is 7. The highest BCUT2D eigenvalue weighted by molar-refractivity contribution is 5.34. The van der Waals surface area contributed by atoms with Crippen LogP contribution in [0.5, 0.6) is 5.75 Å². The van der Waals surface area contributed by atoms with Crippen LogP contribution in [0.15, 0.2) is 42.5 Å². The zero-order chi connectivity index (χ0) is 15.9. The number of benzene rings is 2. The molecule has 0 spiro atoms. The van der Waals surface area contributed by atoms with E-state index in [-0.39, 0.29) is 0 Å². The SMILES string of the molecule is CCCOc1cccc(C(CN)Cc2cc(C)cc(C)c2)c1. The van der Waals surface area contributed by atoms with Crippen molar-refractivity contribution in [1.29, 1.82) is 0 Å². The van der Waals surface area contributed by atoms with Gasteiger partial charge in [0.25, 0.3) is 0 Å². The second kappa shape index (κ2) is 8.00. The van der Waals surface area contributed by atoms with Gasteiger partial charge in [-0.25, -0.2) is 0 Å². The maximum Gasteiger partial charge on any atom is 0.119 e. The lowest BCUT2D eigenvalue weighted by Gasteiger charge is -2.17. The fraction of sp³-hybridized carbons (Fsp3) is 0.400. The summed E-state index contributed by atoms with van der Waals surface area (Å²) in [5.41, 5.74) is 11.3. The minimum atomic E-state index is 0.325. The average Bonchev–Trinajstić information content (AvgIpc) is 2.50. The molecule has 2 aromatic carbocycles. The fourth-order valence-electron chi connectivity index (χ4n) is 2.89. The smallest absolute Gasteiger partial charge is 0.119 e. The molecule has 2 nitrogen and oxygen atoms in total. The lowest BCUT2D eigenvalue weighted by atomic mass is 9.91. The van der Waals surface area contributed by atoms with E-state index in [1.54, 1.807) is 0 Å². The fourth-order valence-corrected chi connectivity index (χ4v) is 2.89. The van der Waals surface area contributed by atoms with E-state index in [9.17, 15) is 0 Å². The standard InChI is InChI=1S/C20H27NO/c1-4-8-22-20-7-5-6-18(13-20)19(14-21)12-17-10-15(2)9-16(3)11-17/h5-7,9-11,13,19H,4,8,12,14,21H2,1-3H3. The van der Waals surface area contributed by atoms with Crippen LogP contribution in [0.1, 0.15) is 41.5 Å². The second-order valence-electron chi connectivity index (χ2n) is 6.05. The number of aryl methyl sites for hydroxylation is 2. The van der Waals surface area contributed by atoms with E-state index in [4.69, 9.17) is 10.5 Å². The molecule has 0 radical (unpaired) electrons. The Morgan fingerprint density at radius 3 is 2.41 bits per heavy atom. The van der Waals surface area contributed by atoms with Crippen LogP contribution in [0.2, 0.25) is 0 Å². The van der Waals surface area contributed by atoms with Gasteiger partial charge >= 0.3 is 0 Å². The van der Waals surface area contributed by atoms with Crippen LogP contribution in [0.25, 0.3) is 0 Å². The van der Waals surface area contributed by atoms with Crippen LogP contribution in [0.4, 0.5) is 0 Å². The van der Waals surface area contributed by atoms with Crippen molar-refractivity contribution in [3.8, 4) is 5.75 Å². The Kier molecular flexibility index (Phi) is 6.02. The molecule has 2 N–H and O–H groups in total. The zero-order valence-electron chi connectivity index (χ0n) is 13.9. The average molecular weight is 297 g/mol. The summed E-state index contributed by atoms with van der Waals surface area (Å²) in [6, 6.07) is 15.1. The van der Waals surface area contributed by atoms with E-state index in [0.717, 1.165) is 25.2 Å². The summed E-state index contributed by atoms with van der Waals surface area (Å²) < 4.78 is 5.74. The van der Waals surface area contributed by atoms with Gasteiger partial charge in [0.1, 0.15) is 5.75 Å². The van der Waals surface area contributed by atoms with Crippen molar-refractivity contribution >= 4 is 0 Å². The van der Waals surface area contributed by atoms with E-state index in [1.807, 2.05) is 6.07 Å². The molecule has 1 unspecified atom stereocenters. The number of hydrogen-bond acceptors (Lipinski definition) is 2. The first-order chi connectivity index (χ1) is 10.6. The number of ether oxygens (including phenoxy) is 1. The van der Waals surface area contributed by atoms with Gasteiger partial charge in [0.05, 0.1) is 6.61 Å². The highest BCUT2D eigenvalue weighted by atomic mass is 16.5. The molecule has 1 atom stereocenters. The first-order valence-corrected chi connectivity index (χ1v) is 8.12. The van der Waals surface area contributed by atoms with Gasteiger partial charge in [0.2, 0.25) is 0 Å². The van der Waals surface area contributed by atoms with Gasteiger partial charge in [-0.15, -0.1) is 0 Å². The van der Waals surface area contributed by atoms with Crippen LogP contribution in [-0.4, -0.2) is 13.2 Å². The summed E-state index contributed by atoms with van der Waals surface area (Å²) in [7, 11) is 0. The molecular formula is C20H27NO. The Balaban J connectivity index is 2.17. The molecule has 0 aromatic heterocycles. The molecule has 0 heterocycles. The van der Waals surface area contributed by atoms with Gasteiger partial charge in [-0.2, -0.15) is 0 Å². The van der Waals surface area contributed by atoms with E-state index in [0.29, 0.717) is 12.5 Å². The lowest BCUT2D eigenvalue weighted by molar-refractivity contribution is 0.317. The lowest BCUT2D eigenvalue weighted by Crippen LogP contribution is -2.15. The van der Waals surface area contributed by atoms with Gasteiger partial charge in [-0.05, 0) is 56.5 Å². The number of hydrogen-bond donors (Lipinski definition) is 1. The Morgan fingerprint density at radius 1 is 1.05 bits per heavy atom. The second-order valence-corrected chi connectivity index (χ2v) is 6.05. The Hall–Kier alpha value is -1.80. The maximum absolute atomic E-state index is 6.04. The van der Waals surface area contributed by atoms with E-state index in [2.05, 4.69) is 57.2 Å². The van der Waals surface area contributed by atoms with Gasteiger partial charge in [-0.1, -0.05) is 48.4 Å². The quantitative estimate of drug-likeness (QED) is 0.823. The van der Waals surface area contributed by atoms with E-state index in [1.165, 1.54) is 22.3 Å². The highest BCUT2D eigenvalue weighted by Gasteiger charge is 2.12. The Morgan fingerprint density at radius 2 is 1.77 bits per heavy atom. The summed E-state index contributed by atoms with van der Waals surface area (Å²) >= 11 is 0. The van der Waals surface area contributed by atoms with Gasteiger partial charge < -0.3 is 10.5 Å². The molecule has 118 valence electrons. The minimum absolute atomic E-state index is 0.325. The van der Waals surface area contributed by atoms with Crippen LogP contribution in [0, 0.1) is 13.8 Å². The maximum atomic E-state index is 6.04. The predicted molar refractivity (Wildman–Crippen MR) is 93.6 cm³/mol. The van der Waals surface area contributed by atoms with Crippen molar-refractivity contribution in [1.82, 2.24) is 0 Å². The van der Waals surface area contributed by atoms with Crippen molar-refractivity contribution in [3.05, 3.63) is 64.7 Å². The highest BCUT2D eigenvalue weighted by Crippen LogP contribution is 2.25. The zero-order valence-corrected chi connectivity index (χ0v) is 13.9. The third-order valence-corrected chi connectivity index (χ3v) is 3.85. The normalized spacial score (nSPS) is 12.2. The van der Waals surface area contributed by atoms with Crippen molar-refractivity contribution in [2.45, 2.75) is 39.5 Å². The molecule has 2 aromatic rings. The third kappa shape index (κ3) is 4.60. The third-order valence-electron chi connectivity index (χ3n) is 3.85. The largest absolute Gasteiger partial charge is 0.494 e. The Labute approximate surface area is 134 Å². The van der Waals surface area contributed by atoms with Crippen LogP contribution in [-0.2, 0) is 6.42 Å². The van der Waals surface area contributed by atoms with Crippen LogP contribution in [0.3, 0.4) is 0 Å². The molecule has 0 saturated heterocycles. The summed E-state index contributed by atoms with van der Waals surface area (Å²) in [6.07, 6.45) is 1.99. The Bertz CT molecular complexity index is 586. The summed E-state index contributed by atoms with van der Waals surface area (Å²) in [4.78, 5) is 0. The van der Waals surface area contributed by atoms with Gasteiger partial charge in [0.15, 0.2) is 0 Å². The summed E-state index contributed by atoms with van der Waals surface area (Å²) in [5.74, 6) is 1.27. The molecule has 2 heteroatoms. The molecule has 0 fully saturated rings. The van der Waals surface area contributed by atoms with Crippen molar-refractivity contribution in [2.75, 3.05) is 13.2 Å². The van der Waals surface area contributed by atoms with Crippen molar-refractivity contribution in [3.63, 3.8) is 0 Å². The van der Waals surface area contributed by atoms with E-state index >= 15 is 0 Å². The minimum Gasteiger partial charge on any atom is -0.494 e. The van der Waals surface area contributed by atoms with Gasteiger partial charge in [0, 0.05) is 5.92 Å². The van der Waals surface area contributed by atoms with Crippen LogP contribution < -0.4 is 10.5 Å². The van der Waals surface area contributed by atoms with Crippen molar-refractivity contribution < 1.29 is 4.74 Å². The van der Waals surface area contributed by atoms with Gasteiger partial charge in [-0.3, -0.25) is 0 Å². The molecule has 0 aliphatic carbocycles. The molecule has 0 amide bonds. The first-order valence-electron chi connectivity index (χ1n) is 8.12. The molecule has 0 saturated carbocycles. The molecular weight excluding hydrogens is 270 g/mol. The molecule has 2 rings (SSSR count). The van der Waals surface area contributed by atoms with Crippen LogP contribution >= 0.6 is 0 Å². The van der Waals surface area contributed by atoms with E-state index < -0.39 is 0 Å². The molecule has 0 bridgehead atoms.